The van der Waals surface area contributed by atoms with E-state index in [0.29, 0.717) is 17.9 Å². The van der Waals surface area contributed by atoms with Gasteiger partial charge in [-0.2, -0.15) is 0 Å². The average molecular weight is 391 g/mol. The SMILES string of the molecule is O=C(NCc1ccc(-c2ccc(F)cc2)o1)C(Cc1ccccc1)n1cnnn1. The summed E-state index contributed by atoms with van der Waals surface area (Å²) in [5.74, 6) is 0.671. The summed E-state index contributed by atoms with van der Waals surface area (Å²) < 4.78 is 20.3. The molecule has 0 aliphatic carbocycles. The molecule has 0 aliphatic rings. The Labute approximate surface area is 166 Å². The van der Waals surface area contributed by atoms with Crippen LogP contribution >= 0.6 is 0 Å². The Morgan fingerprint density at radius 2 is 1.86 bits per heavy atom. The van der Waals surface area contributed by atoms with Crippen LogP contribution in [0.4, 0.5) is 4.39 Å². The second kappa shape index (κ2) is 8.47. The summed E-state index contributed by atoms with van der Waals surface area (Å²) in [4.78, 5) is 12.8. The Morgan fingerprint density at radius 1 is 1.07 bits per heavy atom. The molecule has 2 aromatic carbocycles. The molecular formula is C21H18FN5O2. The molecule has 4 rings (SSSR count). The summed E-state index contributed by atoms with van der Waals surface area (Å²) >= 11 is 0. The van der Waals surface area contributed by atoms with E-state index in [1.54, 1.807) is 24.3 Å². The Bertz CT molecular complexity index is 1060. The molecule has 29 heavy (non-hydrogen) atoms. The molecule has 8 heteroatoms. The van der Waals surface area contributed by atoms with Crippen molar-refractivity contribution < 1.29 is 13.6 Å². The zero-order valence-corrected chi connectivity index (χ0v) is 15.4. The van der Waals surface area contributed by atoms with E-state index in [-0.39, 0.29) is 18.3 Å². The molecule has 0 bridgehead atoms. The molecular weight excluding hydrogens is 373 g/mol. The first kappa shape index (κ1) is 18.5. The molecule has 1 N–H and O–H groups in total. The van der Waals surface area contributed by atoms with Gasteiger partial charge in [-0.25, -0.2) is 9.07 Å². The Hall–Kier alpha value is -3.81. The van der Waals surface area contributed by atoms with E-state index in [0.717, 1.165) is 11.1 Å². The smallest absolute Gasteiger partial charge is 0.245 e. The van der Waals surface area contributed by atoms with Gasteiger partial charge in [0.15, 0.2) is 0 Å². The van der Waals surface area contributed by atoms with Crippen LogP contribution < -0.4 is 5.32 Å². The van der Waals surface area contributed by atoms with Crippen LogP contribution in [0, 0.1) is 5.82 Å². The van der Waals surface area contributed by atoms with E-state index < -0.39 is 6.04 Å². The molecule has 0 saturated heterocycles. The highest BCUT2D eigenvalue weighted by atomic mass is 19.1. The number of halogens is 1. The molecule has 0 radical (unpaired) electrons. The number of carbonyl (C=O) groups excluding carboxylic acids is 1. The normalized spacial score (nSPS) is 11.9. The van der Waals surface area contributed by atoms with Crippen LogP contribution in [-0.4, -0.2) is 26.1 Å². The third kappa shape index (κ3) is 4.55. The largest absolute Gasteiger partial charge is 0.459 e. The predicted molar refractivity (Wildman–Crippen MR) is 103 cm³/mol. The van der Waals surface area contributed by atoms with Crippen LogP contribution in [0.2, 0.25) is 0 Å². The molecule has 4 aromatic rings. The number of amides is 1. The first-order valence-corrected chi connectivity index (χ1v) is 9.08. The lowest BCUT2D eigenvalue weighted by Crippen LogP contribution is -2.33. The summed E-state index contributed by atoms with van der Waals surface area (Å²) in [6.07, 6.45) is 1.88. The van der Waals surface area contributed by atoms with Gasteiger partial charge in [0.1, 0.15) is 29.7 Å². The quantitative estimate of drug-likeness (QED) is 0.523. The van der Waals surface area contributed by atoms with E-state index in [4.69, 9.17) is 4.42 Å². The summed E-state index contributed by atoms with van der Waals surface area (Å²) in [7, 11) is 0. The standard InChI is InChI=1S/C21H18FN5O2/c22-17-8-6-16(7-9-17)20-11-10-18(29-20)13-23-21(28)19(27-14-24-25-26-27)12-15-4-2-1-3-5-15/h1-11,14,19H,12-13H2,(H,23,28). The minimum Gasteiger partial charge on any atom is -0.459 e. The fraction of sp³-hybridized carbons (Fsp3) is 0.143. The lowest BCUT2D eigenvalue weighted by atomic mass is 10.1. The van der Waals surface area contributed by atoms with Crippen molar-refractivity contribution in [3.8, 4) is 11.3 Å². The number of nitrogens with zero attached hydrogens (tertiary/aromatic N) is 4. The molecule has 2 heterocycles. The molecule has 2 aromatic heterocycles. The average Bonchev–Trinajstić information content (AvgIpc) is 3.44. The van der Waals surface area contributed by atoms with Crippen molar-refractivity contribution in [2.45, 2.75) is 19.0 Å². The minimum absolute atomic E-state index is 0.216. The summed E-state index contributed by atoms with van der Waals surface area (Å²) in [6.45, 7) is 0.216. The molecule has 7 nitrogen and oxygen atoms in total. The van der Waals surface area contributed by atoms with Crippen molar-refractivity contribution >= 4 is 5.91 Å². The van der Waals surface area contributed by atoms with Gasteiger partial charge >= 0.3 is 0 Å². The van der Waals surface area contributed by atoms with E-state index >= 15 is 0 Å². The number of hydrogen-bond acceptors (Lipinski definition) is 5. The predicted octanol–water partition coefficient (Wildman–Crippen LogP) is 3.17. The number of tetrazole rings is 1. The first-order valence-electron chi connectivity index (χ1n) is 9.08. The highest BCUT2D eigenvalue weighted by Crippen LogP contribution is 2.22. The van der Waals surface area contributed by atoms with Gasteiger partial charge in [-0.1, -0.05) is 30.3 Å². The fourth-order valence-corrected chi connectivity index (χ4v) is 2.99. The van der Waals surface area contributed by atoms with Gasteiger partial charge in [0.2, 0.25) is 5.91 Å². The monoisotopic (exact) mass is 391 g/mol. The number of nitrogens with one attached hydrogen (secondary N) is 1. The number of hydrogen-bond donors (Lipinski definition) is 1. The highest BCUT2D eigenvalue weighted by Gasteiger charge is 2.22. The summed E-state index contributed by atoms with van der Waals surface area (Å²) in [5.41, 5.74) is 1.76. The second-order valence-corrected chi connectivity index (χ2v) is 6.49. The summed E-state index contributed by atoms with van der Waals surface area (Å²) in [6, 6.07) is 18.7. The van der Waals surface area contributed by atoms with Crippen molar-refractivity contribution in [3.05, 3.63) is 90.2 Å². The van der Waals surface area contributed by atoms with E-state index in [1.807, 2.05) is 30.3 Å². The van der Waals surface area contributed by atoms with Gasteiger partial charge in [-0.05, 0) is 52.4 Å². The number of carbonyl (C=O) groups is 1. The first-order chi connectivity index (χ1) is 14.2. The lowest BCUT2D eigenvalue weighted by molar-refractivity contribution is -0.124. The summed E-state index contributed by atoms with van der Waals surface area (Å²) in [5, 5.41) is 14.0. The van der Waals surface area contributed by atoms with Gasteiger partial charge in [0.05, 0.1) is 6.54 Å². The molecule has 1 unspecified atom stereocenters. The van der Waals surface area contributed by atoms with Crippen molar-refractivity contribution in [1.82, 2.24) is 25.5 Å². The van der Waals surface area contributed by atoms with Gasteiger partial charge in [-0.15, -0.1) is 5.10 Å². The third-order valence-corrected chi connectivity index (χ3v) is 4.49. The van der Waals surface area contributed by atoms with Crippen LogP contribution in [0.15, 0.2) is 77.5 Å². The number of aromatic nitrogens is 4. The van der Waals surface area contributed by atoms with Crippen LogP contribution in [0.1, 0.15) is 17.4 Å². The molecule has 0 spiro atoms. The van der Waals surface area contributed by atoms with Crippen LogP contribution in [0.5, 0.6) is 0 Å². The minimum atomic E-state index is -0.584. The maximum atomic E-state index is 13.1. The van der Waals surface area contributed by atoms with Crippen LogP contribution in [0.3, 0.4) is 0 Å². The molecule has 146 valence electrons. The van der Waals surface area contributed by atoms with E-state index in [1.165, 1.54) is 23.1 Å². The highest BCUT2D eigenvalue weighted by molar-refractivity contribution is 5.80. The number of benzene rings is 2. The zero-order chi connectivity index (χ0) is 20.1. The van der Waals surface area contributed by atoms with Gasteiger partial charge in [0.25, 0.3) is 0 Å². The van der Waals surface area contributed by atoms with E-state index in [9.17, 15) is 9.18 Å². The Morgan fingerprint density at radius 3 is 2.59 bits per heavy atom. The molecule has 1 amide bonds. The Kier molecular flexibility index (Phi) is 5.42. The van der Waals surface area contributed by atoms with Crippen molar-refractivity contribution in [2.24, 2.45) is 0 Å². The maximum absolute atomic E-state index is 13.1. The number of furan rings is 1. The van der Waals surface area contributed by atoms with Crippen LogP contribution in [0.25, 0.3) is 11.3 Å². The number of rotatable bonds is 7. The molecule has 0 fully saturated rings. The topological polar surface area (TPSA) is 85.8 Å². The van der Waals surface area contributed by atoms with Gasteiger partial charge in [0, 0.05) is 12.0 Å². The fourth-order valence-electron chi connectivity index (χ4n) is 2.99. The molecule has 0 aliphatic heterocycles. The lowest BCUT2D eigenvalue weighted by Gasteiger charge is -2.16. The third-order valence-electron chi connectivity index (χ3n) is 4.49. The van der Waals surface area contributed by atoms with E-state index in [2.05, 4.69) is 20.8 Å². The van der Waals surface area contributed by atoms with Gasteiger partial charge < -0.3 is 9.73 Å². The second-order valence-electron chi connectivity index (χ2n) is 6.49. The van der Waals surface area contributed by atoms with Crippen molar-refractivity contribution in [1.29, 1.82) is 0 Å². The molecule has 0 saturated carbocycles. The van der Waals surface area contributed by atoms with Crippen molar-refractivity contribution in [3.63, 3.8) is 0 Å². The maximum Gasteiger partial charge on any atom is 0.245 e. The zero-order valence-electron chi connectivity index (χ0n) is 15.4. The Balaban J connectivity index is 1.43. The van der Waals surface area contributed by atoms with Crippen molar-refractivity contribution in [2.75, 3.05) is 0 Å². The van der Waals surface area contributed by atoms with Crippen LogP contribution in [-0.2, 0) is 17.8 Å². The molecule has 1 atom stereocenters. The van der Waals surface area contributed by atoms with Gasteiger partial charge in [-0.3, -0.25) is 4.79 Å².